The van der Waals surface area contributed by atoms with Crippen LogP contribution in [0.2, 0.25) is 10.0 Å². The Hall–Kier alpha value is -1.31. The molecule has 0 aliphatic carbocycles. The van der Waals surface area contributed by atoms with Gasteiger partial charge in [-0.25, -0.2) is 13.1 Å². The number of piperidine rings is 1. The fourth-order valence-corrected chi connectivity index (χ4v) is 5.48. The van der Waals surface area contributed by atoms with Crippen LogP contribution in [0, 0.1) is 0 Å². The summed E-state index contributed by atoms with van der Waals surface area (Å²) in [5, 5.41) is 1.28. The van der Waals surface area contributed by atoms with Crippen LogP contribution in [0.5, 0.6) is 5.75 Å². The number of hydrogen-bond acceptors (Lipinski definition) is 4. The first-order valence-corrected chi connectivity index (χ1v) is 13.5. The summed E-state index contributed by atoms with van der Waals surface area (Å²) in [4.78, 5) is 2.64. The predicted molar refractivity (Wildman–Crippen MR) is 132 cm³/mol. The molecule has 8 heteroatoms. The van der Waals surface area contributed by atoms with Crippen LogP contribution in [0.15, 0.2) is 47.4 Å². The molecule has 1 aliphatic rings. The van der Waals surface area contributed by atoms with E-state index < -0.39 is 10.0 Å². The molecule has 32 heavy (non-hydrogen) atoms. The number of likely N-dealkylation sites (tertiary alicyclic amines) is 1. The lowest BCUT2D eigenvalue weighted by Crippen LogP contribution is -2.35. The zero-order valence-electron chi connectivity index (χ0n) is 18.5. The normalized spacial score (nSPS) is 15.7. The second kappa shape index (κ2) is 12.2. The van der Waals surface area contributed by atoms with E-state index in [2.05, 4.69) is 22.6 Å². The van der Waals surface area contributed by atoms with Crippen LogP contribution in [-0.2, 0) is 10.0 Å². The number of nitrogens with zero attached hydrogens (tertiary/aromatic N) is 1. The van der Waals surface area contributed by atoms with Crippen molar-refractivity contribution in [1.82, 2.24) is 9.62 Å². The molecule has 1 N–H and O–H groups in total. The van der Waals surface area contributed by atoms with Gasteiger partial charge in [0.2, 0.25) is 10.0 Å². The van der Waals surface area contributed by atoms with E-state index in [1.807, 2.05) is 12.1 Å². The molecule has 0 aromatic heterocycles. The van der Waals surface area contributed by atoms with Crippen molar-refractivity contribution >= 4 is 33.2 Å². The number of hydrogen-bond donors (Lipinski definition) is 1. The molecule has 2 aromatic rings. The van der Waals surface area contributed by atoms with Crippen molar-refractivity contribution in [2.45, 2.75) is 49.8 Å². The van der Waals surface area contributed by atoms with E-state index in [0.29, 0.717) is 34.9 Å². The molecule has 3 rings (SSSR count). The number of ether oxygens (including phenoxy) is 1. The van der Waals surface area contributed by atoms with Gasteiger partial charge < -0.3 is 9.64 Å². The Morgan fingerprint density at radius 3 is 2.47 bits per heavy atom. The van der Waals surface area contributed by atoms with Crippen molar-refractivity contribution in [3.63, 3.8) is 0 Å². The van der Waals surface area contributed by atoms with Gasteiger partial charge in [-0.1, -0.05) is 48.7 Å². The summed E-state index contributed by atoms with van der Waals surface area (Å²) in [7, 11) is -3.51. The number of benzene rings is 2. The predicted octanol–water partition coefficient (Wildman–Crippen LogP) is 5.72. The Morgan fingerprint density at radius 1 is 1.06 bits per heavy atom. The molecule has 1 aliphatic heterocycles. The first-order valence-electron chi connectivity index (χ1n) is 11.3. The summed E-state index contributed by atoms with van der Waals surface area (Å²) >= 11 is 12.5. The quantitative estimate of drug-likeness (QED) is 0.402. The lowest BCUT2D eigenvalue weighted by atomic mass is 9.89. The van der Waals surface area contributed by atoms with Gasteiger partial charge in [0.15, 0.2) is 0 Å². The van der Waals surface area contributed by atoms with E-state index in [4.69, 9.17) is 27.9 Å². The Kier molecular flexibility index (Phi) is 9.68. The van der Waals surface area contributed by atoms with Crippen molar-refractivity contribution in [3.05, 3.63) is 58.1 Å². The van der Waals surface area contributed by atoms with Gasteiger partial charge in [-0.3, -0.25) is 0 Å². The highest BCUT2D eigenvalue weighted by Crippen LogP contribution is 2.36. The molecule has 1 heterocycles. The van der Waals surface area contributed by atoms with Crippen LogP contribution in [0.3, 0.4) is 0 Å². The van der Waals surface area contributed by atoms with Gasteiger partial charge in [0.1, 0.15) is 5.75 Å². The molecular formula is C24H32Cl2N2O3S. The molecule has 176 valence electrons. The third kappa shape index (κ3) is 7.09. The standard InChI is InChI=1S/C24H32Cl2N2O3S/c1-2-3-18-31-20-8-10-21(11-9-20)32(29,30)27-14-5-15-28-16-12-19(13-17-28)22-6-4-7-23(25)24(22)26/h4,6-11,19,27H,2-3,5,12-18H2,1H3. The average molecular weight is 500 g/mol. The maximum atomic E-state index is 12.5. The van der Waals surface area contributed by atoms with E-state index in [1.54, 1.807) is 24.3 Å². The number of unbranched alkanes of at least 4 members (excludes halogenated alkanes) is 1. The molecule has 0 amide bonds. The van der Waals surface area contributed by atoms with E-state index in [0.717, 1.165) is 57.3 Å². The molecule has 0 bridgehead atoms. The van der Waals surface area contributed by atoms with E-state index >= 15 is 0 Å². The summed E-state index contributed by atoms with van der Waals surface area (Å²) in [6.07, 6.45) is 4.86. The van der Waals surface area contributed by atoms with Crippen molar-refractivity contribution in [2.24, 2.45) is 0 Å². The van der Waals surface area contributed by atoms with Gasteiger partial charge in [0, 0.05) is 6.54 Å². The van der Waals surface area contributed by atoms with Gasteiger partial charge in [-0.05, 0) is 87.1 Å². The summed E-state index contributed by atoms with van der Waals surface area (Å²) in [5.74, 6) is 1.12. The summed E-state index contributed by atoms with van der Waals surface area (Å²) in [6.45, 7) is 5.97. The van der Waals surface area contributed by atoms with E-state index in [-0.39, 0.29) is 4.90 Å². The van der Waals surface area contributed by atoms with E-state index in [9.17, 15) is 8.42 Å². The summed E-state index contributed by atoms with van der Waals surface area (Å²) < 4.78 is 33.4. The van der Waals surface area contributed by atoms with Gasteiger partial charge >= 0.3 is 0 Å². The maximum absolute atomic E-state index is 12.5. The number of sulfonamides is 1. The highest BCUT2D eigenvalue weighted by Gasteiger charge is 2.23. The number of nitrogens with one attached hydrogen (secondary N) is 1. The third-order valence-corrected chi connectivity index (χ3v) is 8.16. The van der Waals surface area contributed by atoms with Crippen molar-refractivity contribution in [1.29, 1.82) is 0 Å². The van der Waals surface area contributed by atoms with Crippen molar-refractivity contribution < 1.29 is 13.2 Å². The molecule has 1 fully saturated rings. The van der Waals surface area contributed by atoms with Gasteiger partial charge in [-0.2, -0.15) is 0 Å². The minimum atomic E-state index is -3.51. The van der Waals surface area contributed by atoms with Gasteiger partial charge in [-0.15, -0.1) is 0 Å². The molecule has 2 aromatic carbocycles. The Labute approximate surface area is 202 Å². The lowest BCUT2D eigenvalue weighted by Gasteiger charge is -2.32. The SMILES string of the molecule is CCCCOc1ccc(S(=O)(=O)NCCCN2CCC(c3cccc(Cl)c3Cl)CC2)cc1. The van der Waals surface area contributed by atoms with Crippen molar-refractivity contribution in [2.75, 3.05) is 32.8 Å². The molecule has 0 unspecified atom stereocenters. The molecule has 1 saturated heterocycles. The smallest absolute Gasteiger partial charge is 0.240 e. The monoisotopic (exact) mass is 498 g/mol. The molecule has 0 spiro atoms. The highest BCUT2D eigenvalue weighted by atomic mass is 35.5. The Bertz CT molecular complexity index is 960. The zero-order chi connectivity index (χ0) is 23.0. The van der Waals surface area contributed by atoms with Crippen LogP contribution in [-0.4, -0.2) is 46.1 Å². The summed E-state index contributed by atoms with van der Waals surface area (Å²) in [6, 6.07) is 12.4. The first kappa shape index (κ1) is 25.3. The second-order valence-electron chi connectivity index (χ2n) is 8.18. The van der Waals surface area contributed by atoms with Crippen LogP contribution >= 0.6 is 23.2 Å². The van der Waals surface area contributed by atoms with Crippen LogP contribution in [0.25, 0.3) is 0 Å². The number of halogens is 2. The number of rotatable bonds is 11. The topological polar surface area (TPSA) is 58.6 Å². The average Bonchev–Trinajstić information content (AvgIpc) is 2.80. The summed E-state index contributed by atoms with van der Waals surface area (Å²) in [5.41, 5.74) is 1.13. The van der Waals surface area contributed by atoms with Crippen LogP contribution < -0.4 is 9.46 Å². The lowest BCUT2D eigenvalue weighted by molar-refractivity contribution is 0.211. The van der Waals surface area contributed by atoms with E-state index in [1.165, 1.54) is 0 Å². The highest BCUT2D eigenvalue weighted by molar-refractivity contribution is 7.89. The third-order valence-electron chi connectivity index (χ3n) is 5.85. The minimum absolute atomic E-state index is 0.263. The Morgan fingerprint density at radius 2 is 1.78 bits per heavy atom. The van der Waals surface area contributed by atoms with Crippen LogP contribution in [0.1, 0.15) is 50.5 Å². The fraction of sp³-hybridized carbons (Fsp3) is 0.500. The molecule has 0 saturated carbocycles. The van der Waals surface area contributed by atoms with Gasteiger partial charge in [0.05, 0.1) is 21.5 Å². The van der Waals surface area contributed by atoms with Gasteiger partial charge in [0.25, 0.3) is 0 Å². The molecule has 0 radical (unpaired) electrons. The fourth-order valence-electron chi connectivity index (χ4n) is 3.95. The molecule has 0 atom stereocenters. The zero-order valence-corrected chi connectivity index (χ0v) is 20.9. The minimum Gasteiger partial charge on any atom is -0.494 e. The first-order chi connectivity index (χ1) is 15.4. The largest absolute Gasteiger partial charge is 0.494 e. The molecule has 5 nitrogen and oxygen atoms in total. The van der Waals surface area contributed by atoms with Crippen LogP contribution in [0.4, 0.5) is 0 Å². The second-order valence-corrected chi connectivity index (χ2v) is 10.7. The Balaban J connectivity index is 1.39. The maximum Gasteiger partial charge on any atom is 0.240 e. The molecular weight excluding hydrogens is 467 g/mol. The van der Waals surface area contributed by atoms with Crippen molar-refractivity contribution in [3.8, 4) is 5.75 Å².